The van der Waals surface area contributed by atoms with Gasteiger partial charge in [-0.2, -0.15) is 0 Å². The molecular formula is C18H14Cl3NO5S. The second-order valence-electron chi connectivity index (χ2n) is 5.58. The summed E-state index contributed by atoms with van der Waals surface area (Å²) in [6.45, 7) is -0.579. The van der Waals surface area contributed by atoms with E-state index in [1.165, 1.54) is 24.3 Å². The molecule has 0 atom stereocenters. The average molecular weight is 463 g/mol. The Morgan fingerprint density at radius 2 is 1.71 bits per heavy atom. The van der Waals surface area contributed by atoms with E-state index in [2.05, 4.69) is 5.32 Å². The molecule has 0 aliphatic rings. The van der Waals surface area contributed by atoms with E-state index >= 15 is 0 Å². The number of nitrogens with one attached hydrogen (secondary N) is 1. The quantitative estimate of drug-likeness (QED) is 0.512. The van der Waals surface area contributed by atoms with E-state index in [-0.39, 0.29) is 15.6 Å². The first-order valence-corrected chi connectivity index (χ1v) is 10.7. The van der Waals surface area contributed by atoms with Gasteiger partial charge in [-0.15, -0.1) is 0 Å². The third kappa shape index (κ3) is 6.53. The number of anilines is 1. The molecule has 0 fully saturated rings. The minimum absolute atomic E-state index is 0.00578. The van der Waals surface area contributed by atoms with Crippen molar-refractivity contribution in [3.8, 4) is 0 Å². The predicted molar refractivity (Wildman–Crippen MR) is 110 cm³/mol. The maximum atomic E-state index is 11.9. The number of esters is 1. The van der Waals surface area contributed by atoms with Crippen molar-refractivity contribution >= 4 is 68.3 Å². The first-order chi connectivity index (χ1) is 13.1. The van der Waals surface area contributed by atoms with Crippen molar-refractivity contribution in [1.82, 2.24) is 0 Å². The van der Waals surface area contributed by atoms with Gasteiger partial charge in [0.05, 0.1) is 25.7 Å². The maximum absolute atomic E-state index is 11.9. The van der Waals surface area contributed by atoms with Crippen LogP contribution in [-0.2, 0) is 24.2 Å². The minimum Gasteiger partial charge on any atom is -0.452 e. The van der Waals surface area contributed by atoms with Gasteiger partial charge in [0.15, 0.2) is 16.4 Å². The second-order valence-corrected chi connectivity index (χ2v) is 8.81. The van der Waals surface area contributed by atoms with E-state index < -0.39 is 28.3 Å². The molecule has 10 heteroatoms. The zero-order chi connectivity index (χ0) is 20.9. The summed E-state index contributed by atoms with van der Waals surface area (Å²) in [5.74, 6) is -1.43. The molecule has 0 bridgehead atoms. The van der Waals surface area contributed by atoms with Crippen LogP contribution in [0.5, 0.6) is 0 Å². The normalized spacial score (nSPS) is 11.4. The molecule has 0 saturated carbocycles. The number of rotatable bonds is 6. The van der Waals surface area contributed by atoms with Crippen LogP contribution in [0.15, 0.2) is 47.4 Å². The standard InChI is InChI=1S/C18H14Cl3NO5S/c1-28(25,26)12-4-6-14(20)16(9-12)22-17(23)10-27-18(24)7-3-11-2-5-13(19)15(21)8-11/h2-9H,10H2,1H3,(H,22,23). The summed E-state index contributed by atoms with van der Waals surface area (Å²) in [6.07, 6.45) is 3.61. The number of sulfone groups is 1. The Hall–Kier alpha value is -2.06. The lowest BCUT2D eigenvalue weighted by Crippen LogP contribution is -2.20. The smallest absolute Gasteiger partial charge is 0.331 e. The predicted octanol–water partition coefficient (Wildman–Crippen LogP) is 4.25. The van der Waals surface area contributed by atoms with Crippen molar-refractivity contribution in [3.05, 3.63) is 63.1 Å². The van der Waals surface area contributed by atoms with Crippen LogP contribution in [-0.4, -0.2) is 33.2 Å². The fourth-order valence-electron chi connectivity index (χ4n) is 1.98. The fourth-order valence-corrected chi connectivity index (χ4v) is 3.10. The molecule has 28 heavy (non-hydrogen) atoms. The van der Waals surface area contributed by atoms with Gasteiger partial charge in [0, 0.05) is 12.3 Å². The van der Waals surface area contributed by atoms with E-state index in [1.807, 2.05) is 0 Å². The molecule has 0 saturated heterocycles. The number of hydrogen-bond donors (Lipinski definition) is 1. The fraction of sp³-hybridized carbons (Fsp3) is 0.111. The lowest BCUT2D eigenvalue weighted by molar-refractivity contribution is -0.142. The highest BCUT2D eigenvalue weighted by Gasteiger charge is 2.13. The Morgan fingerprint density at radius 1 is 1.04 bits per heavy atom. The SMILES string of the molecule is CS(=O)(=O)c1ccc(Cl)c(NC(=O)COC(=O)C=Cc2ccc(Cl)c(Cl)c2)c1. The van der Waals surface area contributed by atoms with Crippen LogP contribution in [0.25, 0.3) is 6.08 Å². The Labute approximate surface area is 177 Å². The van der Waals surface area contributed by atoms with Crippen LogP contribution in [0.3, 0.4) is 0 Å². The number of benzene rings is 2. The largest absolute Gasteiger partial charge is 0.452 e. The molecule has 0 heterocycles. The highest BCUT2D eigenvalue weighted by atomic mass is 35.5. The zero-order valence-corrected chi connectivity index (χ0v) is 17.5. The molecule has 0 spiro atoms. The number of ether oxygens (including phenoxy) is 1. The van der Waals surface area contributed by atoms with Gasteiger partial charge in [-0.1, -0.05) is 40.9 Å². The average Bonchev–Trinajstić information content (AvgIpc) is 2.62. The van der Waals surface area contributed by atoms with Gasteiger partial charge in [-0.05, 0) is 42.0 Å². The zero-order valence-electron chi connectivity index (χ0n) is 14.4. The maximum Gasteiger partial charge on any atom is 0.331 e. The van der Waals surface area contributed by atoms with E-state index in [4.69, 9.17) is 39.5 Å². The van der Waals surface area contributed by atoms with Crippen molar-refractivity contribution in [3.63, 3.8) is 0 Å². The molecule has 1 amide bonds. The van der Waals surface area contributed by atoms with Gasteiger partial charge in [0.25, 0.3) is 5.91 Å². The molecule has 6 nitrogen and oxygen atoms in total. The second kappa shape index (κ2) is 9.43. The first kappa shape index (κ1) is 22.2. The summed E-state index contributed by atoms with van der Waals surface area (Å²) in [5.41, 5.74) is 0.720. The van der Waals surface area contributed by atoms with E-state index in [1.54, 1.807) is 18.2 Å². The van der Waals surface area contributed by atoms with Crippen molar-refractivity contribution < 1.29 is 22.7 Å². The van der Waals surface area contributed by atoms with Gasteiger partial charge in [-0.25, -0.2) is 13.2 Å². The van der Waals surface area contributed by atoms with Gasteiger partial charge in [0.1, 0.15) is 0 Å². The number of halogens is 3. The Bertz CT molecular complexity index is 1050. The highest BCUT2D eigenvalue weighted by molar-refractivity contribution is 7.90. The van der Waals surface area contributed by atoms with Gasteiger partial charge < -0.3 is 10.1 Å². The third-order valence-corrected chi connectivity index (χ3v) is 5.52. The summed E-state index contributed by atoms with van der Waals surface area (Å²) in [7, 11) is -3.47. The van der Waals surface area contributed by atoms with E-state index in [0.717, 1.165) is 12.3 Å². The van der Waals surface area contributed by atoms with Crippen molar-refractivity contribution in [1.29, 1.82) is 0 Å². The molecule has 2 rings (SSSR count). The number of carbonyl (C=O) groups is 2. The summed E-state index contributed by atoms with van der Waals surface area (Å²) >= 11 is 17.6. The molecule has 0 aliphatic carbocycles. The molecule has 0 radical (unpaired) electrons. The minimum atomic E-state index is -3.47. The molecule has 0 aliphatic heterocycles. The lowest BCUT2D eigenvalue weighted by Gasteiger charge is -2.09. The van der Waals surface area contributed by atoms with Gasteiger partial charge in [-0.3, -0.25) is 4.79 Å². The Morgan fingerprint density at radius 3 is 2.36 bits per heavy atom. The molecule has 148 valence electrons. The third-order valence-electron chi connectivity index (χ3n) is 3.34. The summed E-state index contributed by atoms with van der Waals surface area (Å²) < 4.78 is 28.0. The highest BCUT2D eigenvalue weighted by Crippen LogP contribution is 2.25. The van der Waals surface area contributed by atoms with E-state index in [0.29, 0.717) is 15.6 Å². The van der Waals surface area contributed by atoms with Gasteiger partial charge in [0.2, 0.25) is 0 Å². The van der Waals surface area contributed by atoms with Gasteiger partial charge >= 0.3 is 5.97 Å². The monoisotopic (exact) mass is 461 g/mol. The number of amides is 1. The molecule has 0 unspecified atom stereocenters. The Kier molecular flexibility index (Phi) is 7.48. The molecule has 2 aromatic rings. The topological polar surface area (TPSA) is 89.5 Å². The van der Waals surface area contributed by atoms with Crippen molar-refractivity contribution in [2.75, 3.05) is 18.2 Å². The molecule has 1 N–H and O–H groups in total. The molecular weight excluding hydrogens is 449 g/mol. The number of hydrogen-bond acceptors (Lipinski definition) is 5. The van der Waals surface area contributed by atoms with Crippen LogP contribution < -0.4 is 5.32 Å². The lowest BCUT2D eigenvalue weighted by atomic mass is 10.2. The first-order valence-electron chi connectivity index (χ1n) is 7.65. The Balaban J connectivity index is 1.94. The van der Waals surface area contributed by atoms with Crippen LogP contribution in [0.4, 0.5) is 5.69 Å². The molecule has 2 aromatic carbocycles. The summed E-state index contributed by atoms with van der Waals surface area (Å²) in [6, 6.07) is 8.69. The summed E-state index contributed by atoms with van der Waals surface area (Å²) in [4.78, 5) is 23.7. The molecule has 0 aromatic heterocycles. The summed E-state index contributed by atoms with van der Waals surface area (Å²) in [5, 5.41) is 3.27. The van der Waals surface area contributed by atoms with Crippen LogP contribution in [0.1, 0.15) is 5.56 Å². The van der Waals surface area contributed by atoms with E-state index in [9.17, 15) is 18.0 Å². The van der Waals surface area contributed by atoms with Crippen molar-refractivity contribution in [2.24, 2.45) is 0 Å². The van der Waals surface area contributed by atoms with Crippen LogP contribution >= 0.6 is 34.8 Å². The van der Waals surface area contributed by atoms with Crippen LogP contribution in [0, 0.1) is 0 Å². The number of carbonyl (C=O) groups excluding carboxylic acids is 2. The van der Waals surface area contributed by atoms with Crippen molar-refractivity contribution in [2.45, 2.75) is 4.90 Å². The van der Waals surface area contributed by atoms with Crippen LogP contribution in [0.2, 0.25) is 15.1 Å².